The zero-order valence-electron chi connectivity index (χ0n) is 21.1. The summed E-state index contributed by atoms with van der Waals surface area (Å²) in [6.45, 7) is 5.89. The van der Waals surface area contributed by atoms with E-state index in [9.17, 15) is 0 Å². The van der Waals surface area contributed by atoms with Crippen molar-refractivity contribution in [2.75, 3.05) is 31.9 Å². The van der Waals surface area contributed by atoms with E-state index in [-0.39, 0.29) is 0 Å². The van der Waals surface area contributed by atoms with E-state index in [1.165, 1.54) is 62.1 Å². The van der Waals surface area contributed by atoms with Crippen LogP contribution in [0, 0.1) is 0 Å². The Morgan fingerprint density at radius 3 is 2.58 bits per heavy atom. The lowest BCUT2D eigenvalue weighted by atomic mass is 10.0. The van der Waals surface area contributed by atoms with Crippen LogP contribution >= 0.6 is 23.2 Å². The Kier molecular flexibility index (Phi) is 7.30. The Balaban J connectivity index is 1.22. The number of aromatic nitrogens is 5. The lowest BCUT2D eigenvalue weighted by Crippen LogP contribution is -2.38. The first-order valence-electron chi connectivity index (χ1n) is 13.1. The number of nitrogens with two attached hydrogens (primary N) is 1. The van der Waals surface area contributed by atoms with E-state index in [0.29, 0.717) is 39.0 Å². The van der Waals surface area contributed by atoms with Gasteiger partial charge in [0.1, 0.15) is 5.82 Å². The van der Waals surface area contributed by atoms with E-state index < -0.39 is 0 Å². The molecule has 2 saturated heterocycles. The number of tetrazole rings is 1. The number of anilines is 1. The van der Waals surface area contributed by atoms with Gasteiger partial charge in [0.05, 0.1) is 21.3 Å². The predicted molar refractivity (Wildman–Crippen MR) is 151 cm³/mol. The smallest absolute Gasteiger partial charge is 0.190 e. The maximum absolute atomic E-state index is 6.44. The molecule has 0 bridgehead atoms. The zero-order chi connectivity index (χ0) is 26.1. The minimum absolute atomic E-state index is 0.331. The van der Waals surface area contributed by atoms with Gasteiger partial charge in [-0.2, -0.15) is 4.68 Å². The Hall–Kier alpha value is -3.04. The third-order valence-corrected chi connectivity index (χ3v) is 8.44. The molecule has 10 heteroatoms. The minimum atomic E-state index is 0.331. The Bertz CT molecular complexity index is 1410. The van der Waals surface area contributed by atoms with Gasteiger partial charge < -0.3 is 10.6 Å². The molecule has 0 unspecified atom stereocenters. The largest absolute Gasteiger partial charge is 0.383 e. The van der Waals surface area contributed by atoms with Gasteiger partial charge in [0, 0.05) is 30.9 Å². The molecule has 0 amide bonds. The number of halogens is 2. The third-order valence-electron chi connectivity index (χ3n) is 7.63. The average Bonchev–Trinajstić information content (AvgIpc) is 3.70. The van der Waals surface area contributed by atoms with Gasteiger partial charge in [0.25, 0.3) is 0 Å². The summed E-state index contributed by atoms with van der Waals surface area (Å²) < 4.78 is 1.53. The van der Waals surface area contributed by atoms with Gasteiger partial charge in [-0.3, -0.25) is 4.90 Å². The van der Waals surface area contributed by atoms with E-state index in [0.717, 1.165) is 17.7 Å². The molecule has 8 nitrogen and oxygen atoms in total. The second-order valence-corrected chi connectivity index (χ2v) is 10.9. The Morgan fingerprint density at radius 1 is 0.947 bits per heavy atom. The molecular weight excluding hydrogens is 519 g/mol. The lowest BCUT2D eigenvalue weighted by Gasteiger charge is -2.28. The van der Waals surface area contributed by atoms with Crippen LogP contribution in [-0.2, 0) is 6.54 Å². The van der Waals surface area contributed by atoms with Crippen molar-refractivity contribution in [3.05, 3.63) is 70.3 Å². The van der Waals surface area contributed by atoms with Crippen LogP contribution < -0.4 is 5.73 Å². The maximum Gasteiger partial charge on any atom is 0.190 e. The number of nitrogens with zero attached hydrogens (tertiary/aromatic N) is 7. The van der Waals surface area contributed by atoms with Gasteiger partial charge in [-0.1, -0.05) is 53.5 Å². The van der Waals surface area contributed by atoms with Crippen LogP contribution in [0.3, 0.4) is 0 Å². The number of hydrogen-bond acceptors (Lipinski definition) is 7. The predicted octanol–water partition coefficient (Wildman–Crippen LogP) is 5.34. The number of likely N-dealkylation sites (tertiary alicyclic amines) is 2. The van der Waals surface area contributed by atoms with Crippen LogP contribution in [0.25, 0.3) is 28.2 Å². The molecule has 2 N–H and O–H groups in total. The Labute approximate surface area is 232 Å². The molecule has 0 saturated carbocycles. The SMILES string of the molecule is Nc1ncc(-c2ccc(CN3CCC[C@@H]3CN3CCCC3)cc2)cc1-c1nnnn1-c1cccc(Cl)c1Cl. The van der Waals surface area contributed by atoms with Crippen molar-refractivity contribution >= 4 is 29.0 Å². The van der Waals surface area contributed by atoms with Gasteiger partial charge in [-0.05, 0) is 85.1 Å². The molecule has 0 aliphatic carbocycles. The minimum Gasteiger partial charge on any atom is -0.383 e. The molecule has 196 valence electrons. The van der Waals surface area contributed by atoms with E-state index in [4.69, 9.17) is 28.9 Å². The van der Waals surface area contributed by atoms with Crippen molar-refractivity contribution < 1.29 is 0 Å². The molecule has 4 aromatic rings. The van der Waals surface area contributed by atoms with Crippen molar-refractivity contribution in [1.82, 2.24) is 35.0 Å². The highest BCUT2D eigenvalue weighted by Crippen LogP contribution is 2.33. The fraction of sp³-hybridized carbons (Fsp3) is 0.357. The van der Waals surface area contributed by atoms with Gasteiger partial charge in [0.15, 0.2) is 5.82 Å². The standard InChI is InChI=1S/C28H30Cl2N8/c29-24-6-3-7-25(26(24)30)38-28(33-34-35-38)23-15-21(16-32-27(23)31)20-10-8-19(9-11-20)17-37-14-4-5-22(37)18-36-12-1-2-13-36/h3,6-11,15-16,22H,1-2,4-5,12-14,17-18H2,(H2,31,32)/t22-/m1/s1. The first-order chi connectivity index (χ1) is 18.6. The van der Waals surface area contributed by atoms with Crippen molar-refractivity contribution in [3.63, 3.8) is 0 Å². The highest BCUT2D eigenvalue weighted by atomic mass is 35.5. The summed E-state index contributed by atoms with van der Waals surface area (Å²) in [6, 6.07) is 16.7. The van der Waals surface area contributed by atoms with Crippen molar-refractivity contribution in [1.29, 1.82) is 0 Å². The lowest BCUT2D eigenvalue weighted by molar-refractivity contribution is 0.185. The number of benzene rings is 2. The van der Waals surface area contributed by atoms with E-state index in [1.807, 2.05) is 6.07 Å². The molecule has 2 fully saturated rings. The molecule has 0 spiro atoms. The molecular formula is C28H30Cl2N8. The summed E-state index contributed by atoms with van der Waals surface area (Å²) in [7, 11) is 0. The summed E-state index contributed by atoms with van der Waals surface area (Å²) in [5.74, 6) is 0.772. The average molecular weight is 550 g/mol. The van der Waals surface area contributed by atoms with Crippen LogP contribution in [-0.4, -0.2) is 67.2 Å². The highest BCUT2D eigenvalue weighted by Gasteiger charge is 2.27. The van der Waals surface area contributed by atoms with Gasteiger partial charge in [-0.15, -0.1) is 5.10 Å². The zero-order valence-corrected chi connectivity index (χ0v) is 22.6. The Morgan fingerprint density at radius 2 is 1.76 bits per heavy atom. The molecule has 2 aliphatic heterocycles. The normalized spacial score (nSPS) is 18.4. The molecule has 2 aliphatic rings. The van der Waals surface area contributed by atoms with Gasteiger partial charge in [0.2, 0.25) is 0 Å². The first kappa shape index (κ1) is 25.2. The van der Waals surface area contributed by atoms with E-state index in [1.54, 1.807) is 24.4 Å². The second-order valence-electron chi connectivity index (χ2n) is 10.1. The summed E-state index contributed by atoms with van der Waals surface area (Å²) in [6.07, 6.45) is 7.06. The molecule has 1 atom stereocenters. The van der Waals surface area contributed by atoms with Crippen molar-refractivity contribution in [2.24, 2.45) is 0 Å². The number of rotatable bonds is 7. The van der Waals surface area contributed by atoms with Gasteiger partial charge in [-0.25, -0.2) is 4.98 Å². The quantitative estimate of drug-likeness (QED) is 0.333. The second kappa shape index (κ2) is 11.0. The third kappa shape index (κ3) is 5.14. The van der Waals surface area contributed by atoms with Crippen LogP contribution in [0.5, 0.6) is 0 Å². The summed E-state index contributed by atoms with van der Waals surface area (Å²) in [5.41, 5.74) is 10.8. The fourth-order valence-corrected chi connectivity index (χ4v) is 5.97. The topological polar surface area (TPSA) is 89.0 Å². The van der Waals surface area contributed by atoms with Crippen molar-refractivity contribution in [3.8, 4) is 28.2 Å². The molecule has 2 aromatic carbocycles. The van der Waals surface area contributed by atoms with Crippen molar-refractivity contribution in [2.45, 2.75) is 38.3 Å². The molecule has 38 heavy (non-hydrogen) atoms. The van der Waals surface area contributed by atoms with Crippen LogP contribution in [0.1, 0.15) is 31.2 Å². The number of hydrogen-bond donors (Lipinski definition) is 1. The fourth-order valence-electron chi connectivity index (χ4n) is 5.60. The molecule has 2 aromatic heterocycles. The number of nitrogen functional groups attached to an aromatic ring is 1. The van der Waals surface area contributed by atoms with Gasteiger partial charge >= 0.3 is 0 Å². The van der Waals surface area contributed by atoms with E-state index >= 15 is 0 Å². The molecule has 0 radical (unpaired) electrons. The highest BCUT2D eigenvalue weighted by molar-refractivity contribution is 6.43. The maximum atomic E-state index is 6.44. The number of pyridine rings is 1. The monoisotopic (exact) mass is 548 g/mol. The van der Waals surface area contributed by atoms with Crippen LogP contribution in [0.4, 0.5) is 5.82 Å². The summed E-state index contributed by atoms with van der Waals surface area (Å²) >= 11 is 12.7. The molecule has 4 heterocycles. The molecule has 6 rings (SSSR count). The summed E-state index contributed by atoms with van der Waals surface area (Å²) in [5, 5.41) is 13.0. The van der Waals surface area contributed by atoms with E-state index in [2.05, 4.69) is 54.6 Å². The first-order valence-corrected chi connectivity index (χ1v) is 13.9. The van der Waals surface area contributed by atoms with Crippen LogP contribution in [0.2, 0.25) is 10.0 Å². The van der Waals surface area contributed by atoms with Crippen LogP contribution in [0.15, 0.2) is 54.7 Å². The summed E-state index contributed by atoms with van der Waals surface area (Å²) in [4.78, 5) is 9.73.